The molecule has 0 saturated heterocycles. The molecule has 3 nitrogen and oxygen atoms in total. The maximum Gasteiger partial charge on any atom is 0.223 e. The van der Waals surface area contributed by atoms with Crippen LogP contribution in [0.3, 0.4) is 0 Å². The number of hydrogen-bond acceptors (Lipinski definition) is 4. The second kappa shape index (κ2) is 8.12. The van der Waals surface area contributed by atoms with Gasteiger partial charge in [0.25, 0.3) is 0 Å². The number of aryl methyl sites for hydroxylation is 2. The Morgan fingerprint density at radius 2 is 1.88 bits per heavy atom. The minimum atomic E-state index is -0.337. The van der Waals surface area contributed by atoms with Gasteiger partial charge < -0.3 is 4.74 Å². The number of thioether (sulfide) groups is 1. The summed E-state index contributed by atoms with van der Waals surface area (Å²) in [6.07, 6.45) is 0.778. The van der Waals surface area contributed by atoms with Crippen LogP contribution in [0.2, 0.25) is 0 Å². The number of aromatic nitrogens is 2. The first kappa shape index (κ1) is 17.4. The average molecular weight is 354 g/mol. The number of halogens is 1. The fourth-order valence-corrected chi connectivity index (χ4v) is 3.16. The van der Waals surface area contributed by atoms with Crippen LogP contribution in [-0.4, -0.2) is 9.97 Å². The zero-order valence-corrected chi connectivity index (χ0v) is 15.0. The van der Waals surface area contributed by atoms with E-state index in [1.807, 2.05) is 13.0 Å². The fraction of sp³-hybridized carbons (Fsp3) is 0.200. The molecular weight excluding hydrogens is 335 g/mol. The molecule has 1 heterocycles. The first-order valence-corrected chi connectivity index (χ1v) is 9.10. The summed E-state index contributed by atoms with van der Waals surface area (Å²) in [4.78, 5) is 9.00. The number of ether oxygens (including phenoxy) is 1. The standard InChI is InChI=1S/C20H19FN2OS/c1-3-17-12-19(24-18-9-5-8-16(21)11-18)23-20(22-17)25-13-15-7-4-6-14(2)10-15/h4-12H,3,13H2,1-2H3. The van der Waals surface area contributed by atoms with Crippen molar-refractivity contribution >= 4 is 11.8 Å². The normalized spacial score (nSPS) is 10.7. The summed E-state index contributed by atoms with van der Waals surface area (Å²) in [6, 6.07) is 16.2. The minimum Gasteiger partial charge on any atom is -0.439 e. The Morgan fingerprint density at radius 1 is 1.04 bits per heavy atom. The highest BCUT2D eigenvalue weighted by atomic mass is 32.2. The maximum absolute atomic E-state index is 13.3. The topological polar surface area (TPSA) is 35.0 Å². The zero-order chi connectivity index (χ0) is 17.6. The molecule has 5 heteroatoms. The van der Waals surface area contributed by atoms with Crippen molar-refractivity contribution in [2.24, 2.45) is 0 Å². The molecule has 0 N–H and O–H groups in total. The van der Waals surface area contributed by atoms with E-state index in [2.05, 4.69) is 35.1 Å². The van der Waals surface area contributed by atoms with Crippen LogP contribution >= 0.6 is 11.8 Å². The minimum absolute atomic E-state index is 0.337. The number of hydrogen-bond donors (Lipinski definition) is 0. The number of rotatable bonds is 6. The lowest BCUT2D eigenvalue weighted by Gasteiger charge is -2.09. The van der Waals surface area contributed by atoms with Crippen molar-refractivity contribution in [3.05, 3.63) is 77.2 Å². The van der Waals surface area contributed by atoms with Crippen molar-refractivity contribution in [3.63, 3.8) is 0 Å². The summed E-state index contributed by atoms with van der Waals surface area (Å²) in [6.45, 7) is 4.11. The predicted molar refractivity (Wildman–Crippen MR) is 98.6 cm³/mol. The second-order valence-corrected chi connectivity index (χ2v) is 6.61. The molecule has 0 unspecified atom stereocenters. The number of nitrogens with zero attached hydrogens (tertiary/aromatic N) is 2. The van der Waals surface area contributed by atoms with E-state index in [4.69, 9.17) is 4.74 Å². The van der Waals surface area contributed by atoms with Crippen molar-refractivity contribution in [1.82, 2.24) is 9.97 Å². The van der Waals surface area contributed by atoms with Gasteiger partial charge in [0.1, 0.15) is 11.6 Å². The van der Waals surface area contributed by atoms with Gasteiger partial charge in [-0.3, -0.25) is 0 Å². The third-order valence-corrected chi connectivity index (χ3v) is 4.48. The summed E-state index contributed by atoms with van der Waals surface area (Å²) >= 11 is 1.56. The first-order valence-electron chi connectivity index (χ1n) is 8.12. The zero-order valence-electron chi connectivity index (χ0n) is 14.2. The van der Waals surface area contributed by atoms with E-state index < -0.39 is 0 Å². The summed E-state index contributed by atoms with van der Waals surface area (Å²) in [5.41, 5.74) is 3.35. The van der Waals surface area contributed by atoms with Crippen molar-refractivity contribution in [2.45, 2.75) is 31.2 Å². The molecule has 128 valence electrons. The fourth-order valence-electron chi connectivity index (χ4n) is 2.35. The van der Waals surface area contributed by atoms with Crippen molar-refractivity contribution in [3.8, 4) is 11.6 Å². The molecule has 3 aromatic rings. The molecule has 3 rings (SSSR count). The second-order valence-electron chi connectivity index (χ2n) is 5.67. The van der Waals surface area contributed by atoms with Crippen LogP contribution in [-0.2, 0) is 12.2 Å². The van der Waals surface area contributed by atoms with Crippen LogP contribution in [0.25, 0.3) is 0 Å². The van der Waals surface area contributed by atoms with Gasteiger partial charge >= 0.3 is 0 Å². The molecule has 0 bridgehead atoms. The summed E-state index contributed by atoms with van der Waals surface area (Å²) in [5, 5.41) is 0.659. The molecule has 0 saturated carbocycles. The van der Waals surface area contributed by atoms with E-state index in [-0.39, 0.29) is 5.82 Å². The molecule has 1 aromatic heterocycles. The predicted octanol–water partition coefficient (Wildman–Crippen LogP) is 5.57. The Hall–Kier alpha value is -2.40. The maximum atomic E-state index is 13.3. The van der Waals surface area contributed by atoms with E-state index >= 15 is 0 Å². The molecule has 0 spiro atoms. The van der Waals surface area contributed by atoms with Gasteiger partial charge in [0.15, 0.2) is 5.16 Å². The van der Waals surface area contributed by atoms with Crippen LogP contribution in [0, 0.1) is 12.7 Å². The van der Waals surface area contributed by atoms with Gasteiger partial charge in [0, 0.05) is 23.6 Å². The molecule has 0 fully saturated rings. The van der Waals surface area contributed by atoms with E-state index in [0.717, 1.165) is 17.9 Å². The lowest BCUT2D eigenvalue weighted by Crippen LogP contribution is -1.97. The highest BCUT2D eigenvalue weighted by Crippen LogP contribution is 2.26. The average Bonchev–Trinajstić information content (AvgIpc) is 2.60. The van der Waals surface area contributed by atoms with Crippen LogP contribution in [0.1, 0.15) is 23.7 Å². The van der Waals surface area contributed by atoms with Crippen molar-refractivity contribution in [1.29, 1.82) is 0 Å². The van der Waals surface area contributed by atoms with E-state index in [1.165, 1.54) is 23.3 Å². The summed E-state index contributed by atoms with van der Waals surface area (Å²) in [7, 11) is 0. The molecule has 2 aromatic carbocycles. The molecule has 0 amide bonds. The summed E-state index contributed by atoms with van der Waals surface area (Å²) < 4.78 is 19.0. The highest BCUT2D eigenvalue weighted by molar-refractivity contribution is 7.98. The molecule has 0 atom stereocenters. The van der Waals surface area contributed by atoms with Gasteiger partial charge in [-0.1, -0.05) is 54.6 Å². The van der Waals surface area contributed by atoms with Crippen molar-refractivity contribution in [2.75, 3.05) is 0 Å². The quantitative estimate of drug-likeness (QED) is 0.428. The molecule has 25 heavy (non-hydrogen) atoms. The first-order chi connectivity index (χ1) is 12.1. The largest absolute Gasteiger partial charge is 0.439 e. The van der Waals surface area contributed by atoms with E-state index in [9.17, 15) is 4.39 Å². The Kier molecular flexibility index (Phi) is 5.66. The van der Waals surface area contributed by atoms with Crippen LogP contribution in [0.5, 0.6) is 11.6 Å². The SMILES string of the molecule is CCc1cc(Oc2cccc(F)c2)nc(SCc2cccc(C)c2)n1. The monoisotopic (exact) mass is 354 g/mol. The van der Waals surface area contributed by atoms with Crippen molar-refractivity contribution < 1.29 is 9.13 Å². The van der Waals surface area contributed by atoms with Crippen LogP contribution in [0.15, 0.2) is 59.8 Å². The third kappa shape index (κ3) is 5.03. The van der Waals surface area contributed by atoms with Gasteiger partial charge in [-0.15, -0.1) is 0 Å². The van der Waals surface area contributed by atoms with Gasteiger partial charge in [-0.25, -0.2) is 9.37 Å². The lowest BCUT2D eigenvalue weighted by atomic mass is 10.2. The smallest absolute Gasteiger partial charge is 0.223 e. The summed E-state index contributed by atoms with van der Waals surface area (Å²) in [5.74, 6) is 1.31. The third-order valence-electron chi connectivity index (χ3n) is 3.57. The van der Waals surface area contributed by atoms with Crippen LogP contribution in [0.4, 0.5) is 4.39 Å². The van der Waals surface area contributed by atoms with Gasteiger partial charge in [-0.05, 0) is 31.0 Å². The Labute approximate surface area is 151 Å². The molecular formula is C20H19FN2OS. The van der Waals surface area contributed by atoms with E-state index in [1.54, 1.807) is 30.0 Å². The molecule has 0 aliphatic heterocycles. The van der Waals surface area contributed by atoms with Crippen LogP contribution < -0.4 is 4.74 Å². The lowest BCUT2D eigenvalue weighted by molar-refractivity contribution is 0.449. The molecule has 0 radical (unpaired) electrons. The Balaban J connectivity index is 1.77. The van der Waals surface area contributed by atoms with Gasteiger partial charge in [0.05, 0.1) is 0 Å². The van der Waals surface area contributed by atoms with Gasteiger partial charge in [-0.2, -0.15) is 4.98 Å². The van der Waals surface area contributed by atoms with Gasteiger partial charge in [0.2, 0.25) is 5.88 Å². The van der Waals surface area contributed by atoms with E-state index in [0.29, 0.717) is 16.8 Å². The Bertz CT molecular complexity index is 870. The molecule has 0 aliphatic rings. The number of benzene rings is 2. The molecule has 0 aliphatic carbocycles. The Morgan fingerprint density at radius 3 is 2.64 bits per heavy atom. The highest BCUT2D eigenvalue weighted by Gasteiger charge is 2.08.